The second-order valence-corrected chi connectivity index (χ2v) is 10.9. The average molecular weight is 500 g/mol. The number of likely N-dealkylation sites (tertiary alicyclic amines) is 1. The van der Waals surface area contributed by atoms with E-state index >= 15 is 4.39 Å². The summed E-state index contributed by atoms with van der Waals surface area (Å²) in [7, 11) is 0. The van der Waals surface area contributed by atoms with Gasteiger partial charge in [-0.25, -0.2) is 14.4 Å². The minimum absolute atomic E-state index is 0.0805. The Balaban J connectivity index is 1.38. The quantitative estimate of drug-likeness (QED) is 0.542. The molecule has 7 nitrogen and oxygen atoms in total. The van der Waals surface area contributed by atoms with Crippen LogP contribution in [0, 0.1) is 17.7 Å². The van der Waals surface area contributed by atoms with E-state index in [1.165, 1.54) is 28.6 Å². The first-order valence-corrected chi connectivity index (χ1v) is 12.6. The number of hydrogen-bond donors (Lipinski definition) is 1. The number of piperidine rings is 1. The van der Waals surface area contributed by atoms with E-state index in [1.54, 1.807) is 6.07 Å². The number of halogens is 2. The van der Waals surface area contributed by atoms with Crippen molar-refractivity contribution < 1.29 is 14.0 Å². The number of rotatable bonds is 5. The normalized spacial score (nSPS) is 24.8. The van der Waals surface area contributed by atoms with Crippen molar-refractivity contribution in [3.8, 4) is 11.3 Å². The van der Waals surface area contributed by atoms with E-state index in [0.717, 1.165) is 29.2 Å². The molecule has 2 aliphatic heterocycles. The molecule has 3 fully saturated rings. The second kappa shape index (κ2) is 8.34. The highest BCUT2D eigenvalue weighted by Gasteiger charge is 2.58. The monoisotopic (exact) mass is 499 g/mol. The molecule has 2 aromatic heterocycles. The number of imide groups is 1. The molecule has 0 radical (unpaired) electrons. The molecule has 3 atom stereocenters. The molecule has 6 rings (SSSR count). The van der Waals surface area contributed by atoms with Gasteiger partial charge in [0.2, 0.25) is 11.8 Å². The smallest absolute Gasteiger partial charge is 0.233 e. The van der Waals surface area contributed by atoms with E-state index in [9.17, 15) is 9.59 Å². The highest BCUT2D eigenvalue weighted by Crippen LogP contribution is 2.48. The summed E-state index contributed by atoms with van der Waals surface area (Å²) in [6.45, 7) is 5.34. The molecule has 176 valence electrons. The van der Waals surface area contributed by atoms with Crippen LogP contribution in [-0.4, -0.2) is 57.3 Å². The van der Waals surface area contributed by atoms with Crippen LogP contribution in [-0.2, 0) is 22.7 Å². The molecule has 3 unspecified atom stereocenters. The zero-order chi connectivity index (χ0) is 23.6. The van der Waals surface area contributed by atoms with Gasteiger partial charge in [0.15, 0.2) is 0 Å². The SMILES string of the molecule is CC1CNCCN1Cc1c(F)cc(Cl)cc1-c1ncnc2cc(CN3C(=O)C4CC4C3=O)sc12. The molecule has 1 aliphatic carbocycles. The Labute approximate surface area is 204 Å². The van der Waals surface area contributed by atoms with Crippen molar-refractivity contribution in [1.29, 1.82) is 0 Å². The van der Waals surface area contributed by atoms with Crippen LogP contribution in [0.15, 0.2) is 24.5 Å². The van der Waals surface area contributed by atoms with Gasteiger partial charge in [0, 0.05) is 53.2 Å². The predicted octanol–water partition coefficient (Wildman–Crippen LogP) is 3.45. The van der Waals surface area contributed by atoms with Gasteiger partial charge in [-0.3, -0.25) is 19.4 Å². The van der Waals surface area contributed by atoms with Crippen molar-refractivity contribution in [3.63, 3.8) is 0 Å². The van der Waals surface area contributed by atoms with E-state index in [0.29, 0.717) is 40.3 Å². The van der Waals surface area contributed by atoms with Crippen molar-refractivity contribution in [2.45, 2.75) is 32.5 Å². The van der Waals surface area contributed by atoms with Crippen LogP contribution < -0.4 is 5.32 Å². The molecule has 2 saturated heterocycles. The van der Waals surface area contributed by atoms with Crippen LogP contribution in [0.25, 0.3) is 21.5 Å². The van der Waals surface area contributed by atoms with E-state index in [-0.39, 0.29) is 42.1 Å². The van der Waals surface area contributed by atoms with Gasteiger partial charge in [0.1, 0.15) is 12.1 Å². The minimum Gasteiger partial charge on any atom is -0.314 e. The largest absolute Gasteiger partial charge is 0.314 e. The third kappa shape index (κ3) is 3.71. The molecular weight excluding hydrogens is 477 g/mol. The van der Waals surface area contributed by atoms with Crippen LogP contribution in [0.3, 0.4) is 0 Å². The summed E-state index contributed by atoms with van der Waals surface area (Å²) in [4.78, 5) is 38.2. The number of fused-ring (bicyclic) bond motifs is 2. The van der Waals surface area contributed by atoms with Gasteiger partial charge in [-0.05, 0) is 31.5 Å². The minimum atomic E-state index is -0.357. The molecule has 1 aromatic carbocycles. The third-order valence-corrected chi connectivity index (χ3v) is 8.38. The maximum Gasteiger partial charge on any atom is 0.233 e. The summed E-state index contributed by atoms with van der Waals surface area (Å²) in [5.41, 5.74) is 2.52. The highest BCUT2D eigenvalue weighted by atomic mass is 35.5. The first kappa shape index (κ1) is 22.0. The van der Waals surface area contributed by atoms with Gasteiger partial charge >= 0.3 is 0 Å². The van der Waals surface area contributed by atoms with Crippen LogP contribution >= 0.6 is 22.9 Å². The number of hydrogen-bond acceptors (Lipinski definition) is 7. The fourth-order valence-corrected chi connectivity index (χ4v) is 6.34. The zero-order valence-corrected chi connectivity index (χ0v) is 20.1. The van der Waals surface area contributed by atoms with Gasteiger partial charge in [0.25, 0.3) is 0 Å². The molecule has 1 saturated carbocycles. The number of nitrogens with zero attached hydrogens (tertiary/aromatic N) is 4. The Morgan fingerprint density at radius 2 is 1.97 bits per heavy atom. The fraction of sp³-hybridized carbons (Fsp3) is 0.417. The molecule has 4 heterocycles. The van der Waals surface area contributed by atoms with Gasteiger partial charge in [-0.2, -0.15) is 0 Å². The second-order valence-electron chi connectivity index (χ2n) is 9.30. The van der Waals surface area contributed by atoms with E-state index in [4.69, 9.17) is 11.6 Å². The van der Waals surface area contributed by atoms with Gasteiger partial charge < -0.3 is 5.32 Å². The standard InChI is InChI=1S/C24H23ClFN5O2S/c1-12-8-27-2-3-30(12)10-18-15(4-13(25)5-19(18)26)21-22-20(28-11-29-21)6-14(34-22)9-31-23(32)16-7-17(16)24(31)33/h4-6,11-12,16-17,27H,2-3,7-10H2,1H3. The van der Waals surface area contributed by atoms with Crippen molar-refractivity contribution in [2.24, 2.45) is 11.8 Å². The Kier molecular flexibility index (Phi) is 5.40. The summed E-state index contributed by atoms with van der Waals surface area (Å²) in [6.07, 6.45) is 2.15. The zero-order valence-electron chi connectivity index (χ0n) is 18.6. The summed E-state index contributed by atoms with van der Waals surface area (Å²) < 4.78 is 16.0. The molecule has 0 spiro atoms. The van der Waals surface area contributed by atoms with E-state index in [2.05, 4.69) is 27.1 Å². The predicted molar refractivity (Wildman–Crippen MR) is 128 cm³/mol. The van der Waals surface area contributed by atoms with Crippen molar-refractivity contribution >= 4 is 45.0 Å². The number of thiophene rings is 1. The number of carbonyl (C=O) groups excluding carboxylic acids is 2. The molecule has 10 heteroatoms. The van der Waals surface area contributed by atoms with E-state index in [1.807, 2.05) is 6.07 Å². The van der Waals surface area contributed by atoms with Crippen LogP contribution in [0.4, 0.5) is 4.39 Å². The fourth-order valence-electron chi connectivity index (χ4n) is 5.03. The third-order valence-electron chi connectivity index (χ3n) is 7.05. The van der Waals surface area contributed by atoms with Gasteiger partial charge in [-0.1, -0.05) is 11.6 Å². The number of nitrogens with one attached hydrogen (secondary N) is 1. The number of aromatic nitrogens is 2. The first-order chi connectivity index (χ1) is 16.4. The topological polar surface area (TPSA) is 78.4 Å². The molecule has 3 aliphatic rings. The van der Waals surface area contributed by atoms with Crippen molar-refractivity contribution in [2.75, 3.05) is 19.6 Å². The lowest BCUT2D eigenvalue weighted by molar-refractivity contribution is -0.141. The van der Waals surface area contributed by atoms with Crippen LogP contribution in [0.5, 0.6) is 0 Å². The molecule has 34 heavy (non-hydrogen) atoms. The molecule has 2 amide bonds. The van der Waals surface area contributed by atoms with Crippen LogP contribution in [0.2, 0.25) is 5.02 Å². The summed E-state index contributed by atoms with van der Waals surface area (Å²) in [6, 6.07) is 5.27. The Morgan fingerprint density at radius 1 is 1.18 bits per heavy atom. The first-order valence-electron chi connectivity index (χ1n) is 11.4. The maximum atomic E-state index is 15.2. The number of amides is 2. The van der Waals surface area contributed by atoms with Gasteiger partial charge in [-0.15, -0.1) is 11.3 Å². The highest BCUT2D eigenvalue weighted by molar-refractivity contribution is 7.19. The number of piperazine rings is 1. The summed E-state index contributed by atoms with van der Waals surface area (Å²) >= 11 is 7.71. The maximum absolute atomic E-state index is 15.2. The van der Waals surface area contributed by atoms with Gasteiger partial charge in [0.05, 0.1) is 34.3 Å². The molecule has 1 N–H and O–H groups in total. The molecule has 0 bridgehead atoms. The Morgan fingerprint density at radius 3 is 2.74 bits per heavy atom. The lowest BCUT2D eigenvalue weighted by Crippen LogP contribution is -2.49. The van der Waals surface area contributed by atoms with Crippen molar-refractivity contribution in [1.82, 2.24) is 25.1 Å². The number of benzene rings is 1. The van der Waals surface area contributed by atoms with Crippen molar-refractivity contribution in [3.05, 3.63) is 45.8 Å². The number of carbonyl (C=O) groups is 2. The lowest BCUT2D eigenvalue weighted by Gasteiger charge is -2.34. The molecular formula is C24H23ClFN5O2S. The Bertz CT molecular complexity index is 1310. The Hall–Kier alpha value is -2.46. The van der Waals surface area contributed by atoms with E-state index < -0.39 is 0 Å². The molecule has 3 aromatic rings. The lowest BCUT2D eigenvalue weighted by atomic mass is 10.0. The summed E-state index contributed by atoms with van der Waals surface area (Å²) in [5.74, 6) is -0.765. The summed E-state index contributed by atoms with van der Waals surface area (Å²) in [5, 5.41) is 3.67. The van der Waals surface area contributed by atoms with Crippen LogP contribution in [0.1, 0.15) is 23.8 Å². The average Bonchev–Trinajstić information content (AvgIpc) is 3.45.